The maximum atomic E-state index is 12.3. The predicted octanol–water partition coefficient (Wildman–Crippen LogP) is -0.739. The molecule has 1 aliphatic carbocycles. The molecule has 1 saturated heterocycles. The molecule has 3 atom stereocenters. The van der Waals surface area contributed by atoms with Gasteiger partial charge in [-0.2, -0.15) is 0 Å². The van der Waals surface area contributed by atoms with Crippen LogP contribution in [0.4, 0.5) is 0 Å². The third kappa shape index (κ3) is 4.69. The predicted molar refractivity (Wildman–Crippen MR) is 81.7 cm³/mol. The second-order valence-electron chi connectivity index (χ2n) is 6.35. The Kier molecular flexibility index (Phi) is 5.76. The van der Waals surface area contributed by atoms with Crippen molar-refractivity contribution in [2.24, 2.45) is 17.6 Å². The number of amides is 3. The Labute approximate surface area is 130 Å². The first kappa shape index (κ1) is 16.7. The summed E-state index contributed by atoms with van der Waals surface area (Å²) in [7, 11) is 1.74. The van der Waals surface area contributed by atoms with Gasteiger partial charge in [0.15, 0.2) is 0 Å². The number of nitrogens with one attached hydrogen (secondary N) is 3. The van der Waals surface area contributed by atoms with E-state index in [2.05, 4.69) is 16.0 Å². The molecule has 1 aliphatic heterocycles. The molecule has 0 aromatic carbocycles. The van der Waals surface area contributed by atoms with E-state index >= 15 is 0 Å². The highest BCUT2D eigenvalue weighted by atomic mass is 16.2. The lowest BCUT2D eigenvalue weighted by atomic mass is 9.91. The lowest BCUT2D eigenvalue weighted by molar-refractivity contribution is -0.131. The van der Waals surface area contributed by atoms with Crippen molar-refractivity contribution in [3.8, 4) is 0 Å². The van der Waals surface area contributed by atoms with E-state index in [1.807, 2.05) is 0 Å². The van der Waals surface area contributed by atoms with E-state index in [9.17, 15) is 14.4 Å². The van der Waals surface area contributed by atoms with Gasteiger partial charge in [-0.25, -0.2) is 0 Å². The number of piperidine rings is 1. The Bertz CT molecular complexity index is 437. The molecule has 2 fully saturated rings. The van der Waals surface area contributed by atoms with Crippen molar-refractivity contribution in [3.05, 3.63) is 0 Å². The summed E-state index contributed by atoms with van der Waals surface area (Å²) in [6, 6.07) is -1.11. The van der Waals surface area contributed by atoms with Gasteiger partial charge in [-0.3, -0.25) is 14.4 Å². The molecular weight excluding hydrogens is 284 g/mol. The van der Waals surface area contributed by atoms with Gasteiger partial charge in [0.2, 0.25) is 17.7 Å². The Balaban J connectivity index is 1.90. The van der Waals surface area contributed by atoms with Gasteiger partial charge < -0.3 is 21.7 Å². The minimum atomic E-state index is -0.795. The summed E-state index contributed by atoms with van der Waals surface area (Å²) >= 11 is 0. The van der Waals surface area contributed by atoms with Gasteiger partial charge in [-0.05, 0) is 38.6 Å². The van der Waals surface area contributed by atoms with Crippen LogP contribution < -0.4 is 21.7 Å². The summed E-state index contributed by atoms with van der Waals surface area (Å²) in [5.41, 5.74) is 5.40. The molecule has 22 heavy (non-hydrogen) atoms. The third-order valence-electron chi connectivity index (χ3n) is 4.51. The summed E-state index contributed by atoms with van der Waals surface area (Å²) in [6.45, 7) is 0.673. The second-order valence-corrected chi connectivity index (χ2v) is 6.35. The van der Waals surface area contributed by atoms with Crippen LogP contribution >= 0.6 is 0 Å². The monoisotopic (exact) mass is 310 g/mol. The van der Waals surface area contributed by atoms with E-state index in [0.29, 0.717) is 12.5 Å². The zero-order chi connectivity index (χ0) is 16.1. The third-order valence-corrected chi connectivity index (χ3v) is 4.51. The summed E-state index contributed by atoms with van der Waals surface area (Å²) in [4.78, 5) is 35.7. The minimum Gasteiger partial charge on any atom is -0.368 e. The lowest BCUT2D eigenvalue weighted by Crippen LogP contribution is -2.53. The van der Waals surface area contributed by atoms with Crippen LogP contribution in [0.3, 0.4) is 0 Å². The molecule has 7 nitrogen and oxygen atoms in total. The quantitative estimate of drug-likeness (QED) is 0.473. The smallest absolute Gasteiger partial charge is 0.240 e. The molecule has 0 unspecified atom stereocenters. The van der Waals surface area contributed by atoms with Crippen LogP contribution in [0.1, 0.15) is 38.5 Å². The molecule has 3 amide bonds. The first-order valence-electron chi connectivity index (χ1n) is 8.06. The standard InChI is InChI=1S/C15H26N4O3/c1-17-12(7-9-4-5-9)15(22)19-11(13(16)20)8-10-3-2-6-18-14(10)21/h9-12,17H,2-8H2,1H3,(H2,16,20)(H,18,21)(H,19,22)/t10-,11-,12-/m0/s1. The van der Waals surface area contributed by atoms with Gasteiger partial charge in [0.25, 0.3) is 0 Å². The largest absolute Gasteiger partial charge is 0.368 e. The van der Waals surface area contributed by atoms with Gasteiger partial charge in [0.05, 0.1) is 6.04 Å². The highest BCUT2D eigenvalue weighted by Crippen LogP contribution is 2.33. The fourth-order valence-corrected chi connectivity index (χ4v) is 2.91. The SMILES string of the molecule is CN[C@@H](CC1CC1)C(=O)N[C@@H](C[C@@H]1CCCNC1=O)C(N)=O. The van der Waals surface area contributed by atoms with Crippen LogP contribution in [0, 0.1) is 11.8 Å². The summed E-state index contributed by atoms with van der Waals surface area (Å²) in [6.07, 6.45) is 4.98. The summed E-state index contributed by atoms with van der Waals surface area (Å²) in [5.74, 6) is -0.528. The number of primary amides is 1. The minimum absolute atomic E-state index is 0.0603. The molecule has 7 heteroatoms. The van der Waals surface area contributed by atoms with Crippen LogP contribution in [0.25, 0.3) is 0 Å². The number of likely N-dealkylation sites (N-methyl/N-ethyl adjacent to an activating group) is 1. The van der Waals surface area contributed by atoms with Crippen molar-refractivity contribution in [3.63, 3.8) is 0 Å². The molecular formula is C15H26N4O3. The van der Waals surface area contributed by atoms with Crippen molar-refractivity contribution < 1.29 is 14.4 Å². The average molecular weight is 310 g/mol. The Morgan fingerprint density at radius 1 is 1.27 bits per heavy atom. The van der Waals surface area contributed by atoms with Crippen LogP contribution in [0.15, 0.2) is 0 Å². The maximum Gasteiger partial charge on any atom is 0.240 e. The molecule has 5 N–H and O–H groups in total. The molecule has 1 saturated carbocycles. The van der Waals surface area contributed by atoms with E-state index in [0.717, 1.165) is 32.1 Å². The number of nitrogens with two attached hydrogens (primary N) is 1. The maximum absolute atomic E-state index is 12.3. The fraction of sp³-hybridized carbons (Fsp3) is 0.800. The normalized spacial score (nSPS) is 24.2. The lowest BCUT2D eigenvalue weighted by Gasteiger charge is -2.26. The van der Waals surface area contributed by atoms with E-state index in [4.69, 9.17) is 5.73 Å². The molecule has 124 valence electrons. The van der Waals surface area contributed by atoms with Gasteiger partial charge in [0.1, 0.15) is 6.04 Å². The van der Waals surface area contributed by atoms with Crippen molar-refractivity contribution in [1.82, 2.24) is 16.0 Å². The molecule has 2 aliphatic rings. The summed E-state index contributed by atoms with van der Waals surface area (Å²) < 4.78 is 0. The molecule has 1 heterocycles. The van der Waals surface area contributed by atoms with E-state index in [1.54, 1.807) is 7.05 Å². The van der Waals surface area contributed by atoms with E-state index < -0.39 is 11.9 Å². The van der Waals surface area contributed by atoms with Crippen LogP contribution in [-0.4, -0.2) is 43.4 Å². The highest BCUT2D eigenvalue weighted by Gasteiger charge is 2.32. The number of carbonyl (C=O) groups is 3. The Morgan fingerprint density at radius 3 is 2.55 bits per heavy atom. The first-order valence-corrected chi connectivity index (χ1v) is 8.06. The van der Waals surface area contributed by atoms with Gasteiger partial charge >= 0.3 is 0 Å². The van der Waals surface area contributed by atoms with Gasteiger partial charge in [-0.1, -0.05) is 12.8 Å². The van der Waals surface area contributed by atoms with Gasteiger partial charge in [0, 0.05) is 12.5 Å². The molecule has 0 aromatic heterocycles. The Morgan fingerprint density at radius 2 is 2.00 bits per heavy atom. The zero-order valence-corrected chi connectivity index (χ0v) is 13.1. The fourth-order valence-electron chi connectivity index (χ4n) is 2.91. The van der Waals surface area contributed by atoms with Crippen molar-refractivity contribution in [1.29, 1.82) is 0 Å². The summed E-state index contributed by atoms with van der Waals surface area (Å²) in [5, 5.41) is 8.48. The van der Waals surface area contributed by atoms with Crippen molar-refractivity contribution in [2.75, 3.05) is 13.6 Å². The molecule has 0 spiro atoms. The van der Waals surface area contributed by atoms with Gasteiger partial charge in [-0.15, -0.1) is 0 Å². The topological polar surface area (TPSA) is 113 Å². The second kappa shape index (κ2) is 7.58. The number of hydrogen-bond acceptors (Lipinski definition) is 4. The van der Waals surface area contributed by atoms with Crippen LogP contribution in [0.5, 0.6) is 0 Å². The zero-order valence-electron chi connectivity index (χ0n) is 13.1. The van der Waals surface area contributed by atoms with Crippen LogP contribution in [0.2, 0.25) is 0 Å². The number of rotatable bonds is 8. The van der Waals surface area contributed by atoms with Crippen molar-refractivity contribution in [2.45, 2.75) is 50.6 Å². The van der Waals surface area contributed by atoms with E-state index in [-0.39, 0.29) is 30.2 Å². The molecule has 0 bridgehead atoms. The molecule has 0 aromatic rings. The van der Waals surface area contributed by atoms with E-state index in [1.165, 1.54) is 0 Å². The number of carbonyl (C=O) groups excluding carboxylic acids is 3. The van der Waals surface area contributed by atoms with Crippen molar-refractivity contribution >= 4 is 17.7 Å². The number of hydrogen-bond donors (Lipinski definition) is 4. The Hall–Kier alpha value is -1.63. The van der Waals surface area contributed by atoms with Crippen LogP contribution in [-0.2, 0) is 14.4 Å². The molecule has 2 rings (SSSR count). The average Bonchev–Trinajstić information content (AvgIpc) is 3.30. The molecule has 0 radical (unpaired) electrons. The highest BCUT2D eigenvalue weighted by molar-refractivity contribution is 5.89. The first-order chi connectivity index (χ1) is 10.5.